The van der Waals surface area contributed by atoms with Gasteiger partial charge in [0.25, 0.3) is 0 Å². The topological polar surface area (TPSA) is 15.3 Å². The molecule has 27 heavy (non-hydrogen) atoms. The lowest BCUT2D eigenvalue weighted by Gasteiger charge is -2.24. The zero-order valence-electron chi connectivity index (χ0n) is 18.7. The average Bonchev–Trinajstić information content (AvgIpc) is 2.67. The smallest absolute Gasteiger partial charge is 0.0230 e. The summed E-state index contributed by atoms with van der Waals surface area (Å²) in [7, 11) is 4.32. The van der Waals surface area contributed by atoms with Crippen molar-refractivity contribution in [3.8, 4) is 0 Å². The van der Waals surface area contributed by atoms with Gasteiger partial charge in [0.1, 0.15) is 0 Å². The highest BCUT2D eigenvalue weighted by Gasteiger charge is 2.12. The molecule has 1 N–H and O–H groups in total. The molecule has 0 saturated heterocycles. The van der Waals surface area contributed by atoms with Gasteiger partial charge < -0.3 is 10.2 Å². The van der Waals surface area contributed by atoms with Crippen LogP contribution in [0.15, 0.2) is 24.3 Å². The standard InChI is InChI=1S/C25H46N2/c1-5-7-9-11-13-24(14-12-10-8-6-2)21-27(4)22-25-17-15-23(16-18-25)19-20-26-3/h15-18,24,26H,5-14,19-22H2,1-4H3. The normalized spacial score (nSPS) is 11.6. The van der Waals surface area contributed by atoms with Crippen LogP contribution in [0.3, 0.4) is 0 Å². The van der Waals surface area contributed by atoms with Crippen LogP contribution in [0.2, 0.25) is 0 Å². The first-order valence-electron chi connectivity index (χ1n) is 11.6. The molecule has 2 nitrogen and oxygen atoms in total. The number of hydrogen-bond acceptors (Lipinski definition) is 2. The summed E-state index contributed by atoms with van der Waals surface area (Å²) in [4.78, 5) is 2.55. The van der Waals surface area contributed by atoms with Crippen LogP contribution in [0, 0.1) is 5.92 Å². The van der Waals surface area contributed by atoms with Crippen LogP contribution in [0.4, 0.5) is 0 Å². The molecular formula is C25H46N2. The summed E-state index contributed by atoms with van der Waals surface area (Å²) in [6.07, 6.45) is 15.1. The fraction of sp³-hybridized carbons (Fsp3) is 0.760. The maximum Gasteiger partial charge on any atom is 0.0230 e. The van der Waals surface area contributed by atoms with Crippen LogP contribution in [0.25, 0.3) is 0 Å². The molecule has 0 saturated carbocycles. The zero-order valence-corrected chi connectivity index (χ0v) is 18.7. The number of unbranched alkanes of at least 4 members (excludes halogenated alkanes) is 6. The summed E-state index contributed by atoms with van der Waals surface area (Å²) >= 11 is 0. The predicted octanol–water partition coefficient (Wildman–Crippen LogP) is 6.44. The van der Waals surface area contributed by atoms with Crippen LogP contribution in [-0.2, 0) is 13.0 Å². The SMILES string of the molecule is CCCCCCC(CCCCCC)CN(C)Cc1ccc(CCNC)cc1. The molecule has 1 aromatic carbocycles. The van der Waals surface area contributed by atoms with Crippen molar-refractivity contribution in [1.82, 2.24) is 10.2 Å². The molecule has 0 aromatic heterocycles. The van der Waals surface area contributed by atoms with Crippen LogP contribution >= 0.6 is 0 Å². The Bertz CT molecular complexity index is 428. The second-order valence-electron chi connectivity index (χ2n) is 8.43. The van der Waals surface area contributed by atoms with Gasteiger partial charge in [-0.05, 0) is 56.9 Å². The van der Waals surface area contributed by atoms with E-state index in [2.05, 4.69) is 55.4 Å². The summed E-state index contributed by atoms with van der Waals surface area (Å²) in [5.41, 5.74) is 2.88. The molecule has 2 heteroatoms. The van der Waals surface area contributed by atoms with Gasteiger partial charge in [0.2, 0.25) is 0 Å². The summed E-state index contributed by atoms with van der Waals surface area (Å²) in [5, 5.41) is 3.23. The quantitative estimate of drug-likeness (QED) is 0.316. The maximum absolute atomic E-state index is 3.23. The van der Waals surface area contributed by atoms with Crippen molar-refractivity contribution < 1.29 is 0 Å². The number of hydrogen-bond donors (Lipinski definition) is 1. The van der Waals surface area contributed by atoms with Gasteiger partial charge in [-0.3, -0.25) is 0 Å². The highest BCUT2D eigenvalue weighted by molar-refractivity contribution is 5.22. The van der Waals surface area contributed by atoms with Crippen LogP contribution in [-0.4, -0.2) is 32.1 Å². The third-order valence-electron chi connectivity index (χ3n) is 5.64. The van der Waals surface area contributed by atoms with Gasteiger partial charge in [0, 0.05) is 13.1 Å². The zero-order chi connectivity index (χ0) is 19.7. The van der Waals surface area contributed by atoms with Gasteiger partial charge in [-0.1, -0.05) is 89.5 Å². The third-order valence-corrected chi connectivity index (χ3v) is 5.64. The van der Waals surface area contributed by atoms with Crippen molar-refractivity contribution in [2.45, 2.75) is 91.0 Å². The molecule has 1 rings (SSSR count). The van der Waals surface area contributed by atoms with E-state index in [1.54, 1.807) is 0 Å². The summed E-state index contributed by atoms with van der Waals surface area (Å²) in [6.45, 7) is 7.99. The van der Waals surface area contributed by atoms with E-state index in [1.807, 2.05) is 7.05 Å². The minimum Gasteiger partial charge on any atom is -0.319 e. The monoisotopic (exact) mass is 374 g/mol. The predicted molar refractivity (Wildman–Crippen MR) is 121 cm³/mol. The molecule has 0 heterocycles. The number of benzene rings is 1. The Morgan fingerprint density at radius 1 is 0.815 bits per heavy atom. The van der Waals surface area contributed by atoms with Gasteiger partial charge in [0.15, 0.2) is 0 Å². The number of rotatable bonds is 17. The van der Waals surface area contributed by atoms with E-state index >= 15 is 0 Å². The Labute approximate surface area is 170 Å². The van der Waals surface area contributed by atoms with E-state index in [9.17, 15) is 0 Å². The summed E-state index contributed by atoms with van der Waals surface area (Å²) in [5.74, 6) is 0.874. The molecule has 0 radical (unpaired) electrons. The van der Waals surface area contributed by atoms with E-state index in [0.29, 0.717) is 0 Å². The Balaban J connectivity index is 2.43. The number of nitrogens with one attached hydrogen (secondary N) is 1. The first-order chi connectivity index (χ1) is 13.2. The minimum atomic E-state index is 0.874. The molecular weight excluding hydrogens is 328 g/mol. The van der Waals surface area contributed by atoms with Gasteiger partial charge >= 0.3 is 0 Å². The lowest BCUT2D eigenvalue weighted by molar-refractivity contribution is 0.244. The van der Waals surface area contributed by atoms with E-state index in [-0.39, 0.29) is 0 Å². The lowest BCUT2D eigenvalue weighted by Crippen LogP contribution is -2.25. The molecule has 1 aromatic rings. The molecule has 156 valence electrons. The minimum absolute atomic E-state index is 0.874. The Morgan fingerprint density at radius 3 is 1.89 bits per heavy atom. The molecule has 0 aliphatic carbocycles. The van der Waals surface area contributed by atoms with Gasteiger partial charge in [-0.25, -0.2) is 0 Å². The Hall–Kier alpha value is -0.860. The second-order valence-corrected chi connectivity index (χ2v) is 8.43. The summed E-state index contributed by atoms with van der Waals surface area (Å²) in [6, 6.07) is 9.24. The molecule has 0 atom stereocenters. The van der Waals surface area contributed by atoms with Crippen molar-refractivity contribution >= 4 is 0 Å². The van der Waals surface area contributed by atoms with Crippen molar-refractivity contribution in [2.75, 3.05) is 27.2 Å². The van der Waals surface area contributed by atoms with Gasteiger partial charge in [0.05, 0.1) is 0 Å². The van der Waals surface area contributed by atoms with E-state index < -0.39 is 0 Å². The number of likely N-dealkylation sites (N-methyl/N-ethyl adjacent to an activating group) is 1. The van der Waals surface area contributed by atoms with Crippen molar-refractivity contribution in [3.63, 3.8) is 0 Å². The highest BCUT2D eigenvalue weighted by Crippen LogP contribution is 2.20. The lowest BCUT2D eigenvalue weighted by atomic mass is 9.94. The maximum atomic E-state index is 3.23. The average molecular weight is 375 g/mol. The summed E-state index contributed by atoms with van der Waals surface area (Å²) < 4.78 is 0. The van der Waals surface area contributed by atoms with Crippen molar-refractivity contribution in [2.24, 2.45) is 5.92 Å². The van der Waals surface area contributed by atoms with Crippen LogP contribution in [0.1, 0.15) is 89.2 Å². The van der Waals surface area contributed by atoms with E-state index in [4.69, 9.17) is 0 Å². The molecule has 0 aliphatic rings. The van der Waals surface area contributed by atoms with E-state index in [0.717, 1.165) is 25.4 Å². The first-order valence-corrected chi connectivity index (χ1v) is 11.6. The first kappa shape index (κ1) is 24.2. The van der Waals surface area contributed by atoms with E-state index in [1.165, 1.54) is 81.9 Å². The molecule has 0 fully saturated rings. The van der Waals surface area contributed by atoms with Gasteiger partial charge in [-0.2, -0.15) is 0 Å². The number of nitrogens with zero attached hydrogens (tertiary/aromatic N) is 1. The molecule has 0 amide bonds. The second kappa shape index (κ2) is 16.1. The third kappa shape index (κ3) is 12.3. The molecule has 0 bridgehead atoms. The van der Waals surface area contributed by atoms with Gasteiger partial charge in [-0.15, -0.1) is 0 Å². The Kier molecular flexibility index (Phi) is 14.4. The largest absolute Gasteiger partial charge is 0.319 e. The fourth-order valence-corrected chi connectivity index (χ4v) is 3.94. The molecule has 0 spiro atoms. The molecule has 0 unspecified atom stereocenters. The molecule has 0 aliphatic heterocycles. The fourth-order valence-electron chi connectivity index (χ4n) is 3.94. The highest BCUT2D eigenvalue weighted by atomic mass is 15.1. The Morgan fingerprint density at radius 2 is 1.37 bits per heavy atom. The van der Waals surface area contributed by atoms with Crippen molar-refractivity contribution in [1.29, 1.82) is 0 Å². The van der Waals surface area contributed by atoms with Crippen molar-refractivity contribution in [3.05, 3.63) is 35.4 Å². The van der Waals surface area contributed by atoms with Crippen LogP contribution in [0.5, 0.6) is 0 Å². The van der Waals surface area contributed by atoms with Crippen LogP contribution < -0.4 is 5.32 Å².